The molecule has 2 aromatic heterocycles. The highest BCUT2D eigenvalue weighted by atomic mass is 16.6. The Balaban J connectivity index is 1.85. The van der Waals surface area contributed by atoms with Crippen LogP contribution in [-0.2, 0) is 6.42 Å². The first-order valence-corrected chi connectivity index (χ1v) is 6.54. The Kier molecular flexibility index (Phi) is 3.51. The van der Waals surface area contributed by atoms with Gasteiger partial charge in [0.05, 0.1) is 11.2 Å². The number of hydrogen-bond donors (Lipinski definition) is 1. The van der Waals surface area contributed by atoms with E-state index in [-0.39, 0.29) is 5.69 Å². The van der Waals surface area contributed by atoms with Crippen molar-refractivity contribution in [1.82, 2.24) is 4.98 Å². The maximum Gasteiger partial charge on any atom is 0.295 e. The van der Waals surface area contributed by atoms with Crippen LogP contribution in [0, 0.1) is 10.1 Å². The first kappa shape index (κ1) is 13.1. The summed E-state index contributed by atoms with van der Waals surface area (Å²) in [6, 6.07) is 10.5. The van der Waals surface area contributed by atoms with Crippen LogP contribution < -0.4 is 5.32 Å². The number of pyridine rings is 1. The van der Waals surface area contributed by atoms with Gasteiger partial charge in [0.25, 0.3) is 5.69 Å². The number of fused-ring (bicyclic) bond motifs is 1. The average Bonchev–Trinajstić information content (AvgIpc) is 3.00. The van der Waals surface area contributed by atoms with Gasteiger partial charge in [-0.05, 0) is 30.3 Å². The molecule has 0 radical (unpaired) electrons. The van der Waals surface area contributed by atoms with E-state index < -0.39 is 4.92 Å². The van der Waals surface area contributed by atoms with Gasteiger partial charge < -0.3 is 9.73 Å². The fourth-order valence-corrected chi connectivity index (χ4v) is 2.23. The number of anilines is 1. The van der Waals surface area contributed by atoms with Crippen molar-refractivity contribution in [3.05, 3.63) is 64.7 Å². The summed E-state index contributed by atoms with van der Waals surface area (Å²) < 4.78 is 5.27. The number of non-ortho nitro benzene ring substituents is 1. The molecule has 2 heterocycles. The number of furan rings is 1. The summed E-state index contributed by atoms with van der Waals surface area (Å²) >= 11 is 0. The van der Waals surface area contributed by atoms with Crippen LogP contribution >= 0.6 is 0 Å². The highest BCUT2D eigenvalue weighted by molar-refractivity contribution is 5.96. The lowest BCUT2D eigenvalue weighted by atomic mass is 10.1. The van der Waals surface area contributed by atoms with E-state index in [9.17, 15) is 10.1 Å². The predicted octanol–water partition coefficient (Wildman–Crippen LogP) is 3.39. The number of hydrogen-bond acceptors (Lipinski definition) is 5. The summed E-state index contributed by atoms with van der Waals surface area (Å²) in [5.74, 6) is 0.895. The number of nitrogens with zero attached hydrogens (tertiary/aromatic N) is 2. The molecule has 0 atom stereocenters. The van der Waals surface area contributed by atoms with Gasteiger partial charge in [0.1, 0.15) is 11.3 Å². The molecule has 1 aromatic carbocycles. The molecule has 0 bridgehead atoms. The zero-order chi connectivity index (χ0) is 14.7. The van der Waals surface area contributed by atoms with E-state index in [4.69, 9.17) is 4.42 Å². The quantitative estimate of drug-likeness (QED) is 0.573. The molecule has 0 fully saturated rings. The van der Waals surface area contributed by atoms with E-state index in [1.807, 2.05) is 18.2 Å². The zero-order valence-corrected chi connectivity index (χ0v) is 11.2. The second kappa shape index (κ2) is 5.62. The van der Waals surface area contributed by atoms with Crippen molar-refractivity contribution in [3.8, 4) is 0 Å². The molecular formula is C15H13N3O3. The van der Waals surface area contributed by atoms with Crippen LogP contribution in [0.15, 0.2) is 53.3 Å². The summed E-state index contributed by atoms with van der Waals surface area (Å²) in [5, 5.41) is 15.0. The van der Waals surface area contributed by atoms with Crippen molar-refractivity contribution in [1.29, 1.82) is 0 Å². The molecule has 0 aliphatic rings. The van der Waals surface area contributed by atoms with Crippen molar-refractivity contribution >= 4 is 22.3 Å². The van der Waals surface area contributed by atoms with Crippen molar-refractivity contribution in [2.24, 2.45) is 0 Å². The van der Waals surface area contributed by atoms with E-state index in [0.717, 1.165) is 23.3 Å². The molecule has 1 N–H and O–H groups in total. The number of benzene rings is 1. The molecule has 0 saturated heterocycles. The summed E-state index contributed by atoms with van der Waals surface area (Å²) in [6.07, 6.45) is 3.94. The molecular weight excluding hydrogens is 270 g/mol. The van der Waals surface area contributed by atoms with Gasteiger partial charge in [0.2, 0.25) is 0 Å². The summed E-state index contributed by atoms with van der Waals surface area (Å²) in [5.41, 5.74) is 1.24. The predicted molar refractivity (Wildman–Crippen MR) is 79.3 cm³/mol. The monoisotopic (exact) mass is 283 g/mol. The lowest BCUT2D eigenvalue weighted by Crippen LogP contribution is -2.05. The third-order valence-electron chi connectivity index (χ3n) is 3.21. The standard InChI is InChI=1S/C15H13N3O3/c19-18(20)14-6-5-13(12-4-1-8-17-15(12)14)16-9-7-11-3-2-10-21-11/h1-6,8,10,16H,7,9H2. The molecule has 106 valence electrons. The van der Waals surface area contributed by atoms with Crippen LogP contribution in [0.3, 0.4) is 0 Å². The van der Waals surface area contributed by atoms with E-state index >= 15 is 0 Å². The third kappa shape index (κ3) is 2.69. The molecule has 3 aromatic rings. The molecule has 0 aliphatic heterocycles. The van der Waals surface area contributed by atoms with E-state index in [0.29, 0.717) is 12.1 Å². The van der Waals surface area contributed by atoms with Crippen LogP contribution in [0.5, 0.6) is 0 Å². The lowest BCUT2D eigenvalue weighted by Gasteiger charge is -2.09. The smallest absolute Gasteiger partial charge is 0.295 e. The van der Waals surface area contributed by atoms with Crippen molar-refractivity contribution in [3.63, 3.8) is 0 Å². The second-order valence-corrected chi connectivity index (χ2v) is 4.55. The van der Waals surface area contributed by atoms with Gasteiger partial charge in [-0.25, -0.2) is 4.98 Å². The van der Waals surface area contributed by atoms with Crippen LogP contribution in [0.1, 0.15) is 5.76 Å². The van der Waals surface area contributed by atoms with E-state index in [1.165, 1.54) is 6.07 Å². The van der Waals surface area contributed by atoms with Gasteiger partial charge in [-0.15, -0.1) is 0 Å². The average molecular weight is 283 g/mol. The van der Waals surface area contributed by atoms with Gasteiger partial charge in [-0.2, -0.15) is 0 Å². The van der Waals surface area contributed by atoms with E-state index in [1.54, 1.807) is 24.6 Å². The van der Waals surface area contributed by atoms with Gasteiger partial charge in [-0.1, -0.05) is 0 Å². The van der Waals surface area contributed by atoms with Gasteiger partial charge in [-0.3, -0.25) is 10.1 Å². The van der Waals surface area contributed by atoms with Crippen LogP contribution in [-0.4, -0.2) is 16.5 Å². The molecule has 0 amide bonds. The number of rotatable bonds is 5. The minimum atomic E-state index is -0.415. The first-order valence-electron chi connectivity index (χ1n) is 6.54. The molecule has 0 aliphatic carbocycles. The van der Waals surface area contributed by atoms with Crippen molar-refractivity contribution < 1.29 is 9.34 Å². The molecule has 0 unspecified atom stereocenters. The van der Waals surface area contributed by atoms with Crippen LogP contribution in [0.2, 0.25) is 0 Å². The molecule has 21 heavy (non-hydrogen) atoms. The molecule has 3 rings (SSSR count). The minimum Gasteiger partial charge on any atom is -0.469 e. The summed E-state index contributed by atoms with van der Waals surface area (Å²) in [6.45, 7) is 0.676. The normalized spacial score (nSPS) is 10.7. The van der Waals surface area contributed by atoms with Crippen molar-refractivity contribution in [2.45, 2.75) is 6.42 Å². The highest BCUT2D eigenvalue weighted by Crippen LogP contribution is 2.29. The SMILES string of the molecule is O=[N+]([O-])c1ccc(NCCc2ccco2)c2cccnc12. The highest BCUT2D eigenvalue weighted by Gasteiger charge is 2.14. The Bertz CT molecular complexity index is 769. The number of aromatic nitrogens is 1. The summed E-state index contributed by atoms with van der Waals surface area (Å²) in [4.78, 5) is 14.7. The molecule has 0 spiro atoms. The fraction of sp³-hybridized carbons (Fsp3) is 0.133. The topological polar surface area (TPSA) is 81.2 Å². The van der Waals surface area contributed by atoms with Crippen LogP contribution in [0.4, 0.5) is 11.4 Å². The number of nitrogens with one attached hydrogen (secondary N) is 1. The maximum absolute atomic E-state index is 11.0. The first-order chi connectivity index (χ1) is 10.3. The third-order valence-corrected chi connectivity index (χ3v) is 3.21. The van der Waals surface area contributed by atoms with Gasteiger partial charge in [0.15, 0.2) is 0 Å². The van der Waals surface area contributed by atoms with E-state index in [2.05, 4.69) is 10.3 Å². The van der Waals surface area contributed by atoms with Gasteiger partial charge >= 0.3 is 0 Å². The Labute approximate surface area is 120 Å². The molecule has 6 heteroatoms. The Morgan fingerprint density at radius 3 is 2.90 bits per heavy atom. The molecule has 0 saturated carbocycles. The Hall–Kier alpha value is -2.89. The lowest BCUT2D eigenvalue weighted by molar-refractivity contribution is -0.383. The largest absolute Gasteiger partial charge is 0.469 e. The second-order valence-electron chi connectivity index (χ2n) is 4.55. The fourth-order valence-electron chi connectivity index (χ4n) is 2.23. The van der Waals surface area contributed by atoms with Crippen molar-refractivity contribution in [2.75, 3.05) is 11.9 Å². The number of nitro groups is 1. The Morgan fingerprint density at radius 2 is 2.14 bits per heavy atom. The summed E-state index contributed by atoms with van der Waals surface area (Å²) in [7, 11) is 0. The number of nitro benzene ring substituents is 1. The zero-order valence-electron chi connectivity index (χ0n) is 11.2. The Morgan fingerprint density at radius 1 is 1.24 bits per heavy atom. The maximum atomic E-state index is 11.0. The minimum absolute atomic E-state index is 0.0159. The molecule has 6 nitrogen and oxygen atoms in total. The van der Waals surface area contributed by atoms with Crippen LogP contribution in [0.25, 0.3) is 10.9 Å². The van der Waals surface area contributed by atoms with Gasteiger partial charge in [0, 0.05) is 36.3 Å².